The highest BCUT2D eigenvalue weighted by Gasteiger charge is 2.24. The molecule has 2 heteroatoms. The van der Waals surface area contributed by atoms with Crippen molar-refractivity contribution in [3.8, 4) is 0 Å². The Morgan fingerprint density at radius 3 is 2.58 bits per heavy atom. The molecule has 0 radical (unpaired) electrons. The highest BCUT2D eigenvalue weighted by atomic mass is 16.3. The first-order chi connectivity index (χ1) is 9.04. The number of hydrogen-bond donors (Lipinski definition) is 1. The van der Waals surface area contributed by atoms with Crippen LogP contribution in [-0.2, 0) is 6.42 Å². The van der Waals surface area contributed by atoms with Gasteiger partial charge in [0.1, 0.15) is 0 Å². The van der Waals surface area contributed by atoms with Crippen LogP contribution in [0.15, 0.2) is 30.3 Å². The molecular weight excluding hydrogens is 234 g/mol. The highest BCUT2D eigenvalue weighted by Crippen LogP contribution is 2.35. The van der Waals surface area contributed by atoms with Gasteiger partial charge in [-0.05, 0) is 44.2 Å². The van der Waals surface area contributed by atoms with Gasteiger partial charge >= 0.3 is 0 Å². The van der Waals surface area contributed by atoms with Crippen molar-refractivity contribution >= 4 is 10.9 Å². The third-order valence-electron chi connectivity index (χ3n) is 4.13. The van der Waals surface area contributed by atoms with Crippen molar-refractivity contribution in [3.63, 3.8) is 0 Å². The zero-order valence-corrected chi connectivity index (χ0v) is 11.9. The summed E-state index contributed by atoms with van der Waals surface area (Å²) >= 11 is 0. The Bertz CT molecular complexity index is 570. The van der Waals surface area contributed by atoms with Crippen LogP contribution < -0.4 is 0 Å². The molecule has 0 aliphatic heterocycles. The SMILES string of the molecule is CC(C)(O)Cc1cc2ccccc2n1C1CCCC1. The van der Waals surface area contributed by atoms with Crippen LogP contribution in [0.5, 0.6) is 0 Å². The number of rotatable bonds is 3. The van der Waals surface area contributed by atoms with Gasteiger partial charge in [0.05, 0.1) is 5.60 Å². The summed E-state index contributed by atoms with van der Waals surface area (Å²) in [5.74, 6) is 0. The van der Waals surface area contributed by atoms with Gasteiger partial charge in [0.25, 0.3) is 0 Å². The summed E-state index contributed by atoms with van der Waals surface area (Å²) in [4.78, 5) is 0. The summed E-state index contributed by atoms with van der Waals surface area (Å²) in [6, 6.07) is 11.5. The predicted octanol–water partition coefficient (Wildman–Crippen LogP) is 4.07. The molecule has 1 heterocycles. The fourth-order valence-electron chi connectivity index (χ4n) is 3.41. The van der Waals surface area contributed by atoms with Crippen molar-refractivity contribution in [1.29, 1.82) is 0 Å². The number of hydrogen-bond acceptors (Lipinski definition) is 1. The number of para-hydroxylation sites is 1. The molecule has 0 saturated heterocycles. The molecular formula is C17H23NO. The Morgan fingerprint density at radius 1 is 1.21 bits per heavy atom. The van der Waals surface area contributed by atoms with Crippen LogP contribution in [0.2, 0.25) is 0 Å². The smallest absolute Gasteiger partial charge is 0.0646 e. The number of nitrogens with zero attached hydrogens (tertiary/aromatic N) is 1. The standard InChI is InChI=1S/C17H23NO/c1-17(2,19)12-15-11-13-7-3-6-10-16(13)18(15)14-8-4-5-9-14/h3,6-7,10-11,14,19H,4-5,8-9,12H2,1-2H3. The van der Waals surface area contributed by atoms with E-state index in [2.05, 4.69) is 34.9 Å². The molecule has 19 heavy (non-hydrogen) atoms. The molecule has 2 aromatic rings. The normalized spacial score (nSPS) is 17.4. The maximum Gasteiger partial charge on any atom is 0.0646 e. The van der Waals surface area contributed by atoms with Gasteiger partial charge in [-0.15, -0.1) is 0 Å². The molecule has 0 amide bonds. The van der Waals surface area contributed by atoms with E-state index < -0.39 is 5.60 Å². The lowest BCUT2D eigenvalue weighted by atomic mass is 10.0. The average molecular weight is 257 g/mol. The second-order valence-electron chi connectivity index (χ2n) is 6.49. The van der Waals surface area contributed by atoms with Gasteiger partial charge in [-0.3, -0.25) is 0 Å². The Morgan fingerprint density at radius 2 is 1.89 bits per heavy atom. The predicted molar refractivity (Wildman–Crippen MR) is 79.4 cm³/mol. The molecule has 0 atom stereocenters. The zero-order valence-electron chi connectivity index (χ0n) is 11.9. The first-order valence-electron chi connectivity index (χ1n) is 7.36. The summed E-state index contributed by atoms with van der Waals surface area (Å²) in [6.07, 6.45) is 5.94. The van der Waals surface area contributed by atoms with Gasteiger partial charge in [-0.1, -0.05) is 31.0 Å². The van der Waals surface area contributed by atoms with Gasteiger partial charge in [-0.2, -0.15) is 0 Å². The summed E-state index contributed by atoms with van der Waals surface area (Å²) in [7, 11) is 0. The van der Waals surface area contributed by atoms with E-state index in [1.54, 1.807) is 0 Å². The second-order valence-corrected chi connectivity index (χ2v) is 6.49. The topological polar surface area (TPSA) is 25.2 Å². The van der Waals surface area contributed by atoms with Crippen molar-refractivity contribution in [1.82, 2.24) is 4.57 Å². The van der Waals surface area contributed by atoms with Crippen LogP contribution >= 0.6 is 0 Å². The minimum absolute atomic E-state index is 0.622. The van der Waals surface area contributed by atoms with Crippen molar-refractivity contribution in [2.24, 2.45) is 0 Å². The molecule has 1 aliphatic carbocycles. The van der Waals surface area contributed by atoms with Crippen molar-refractivity contribution in [3.05, 3.63) is 36.0 Å². The number of fused-ring (bicyclic) bond motifs is 1. The molecule has 0 spiro atoms. The lowest BCUT2D eigenvalue weighted by Gasteiger charge is -2.22. The van der Waals surface area contributed by atoms with E-state index in [4.69, 9.17) is 0 Å². The van der Waals surface area contributed by atoms with E-state index in [9.17, 15) is 5.11 Å². The minimum Gasteiger partial charge on any atom is -0.390 e. The van der Waals surface area contributed by atoms with Crippen LogP contribution in [0, 0.1) is 0 Å². The van der Waals surface area contributed by atoms with Crippen LogP contribution in [0.1, 0.15) is 51.3 Å². The fourth-order valence-corrected chi connectivity index (χ4v) is 3.41. The number of aromatic nitrogens is 1. The molecule has 0 unspecified atom stereocenters. The van der Waals surface area contributed by atoms with Crippen LogP contribution in [0.25, 0.3) is 10.9 Å². The fraction of sp³-hybridized carbons (Fsp3) is 0.529. The molecule has 3 rings (SSSR count). The van der Waals surface area contributed by atoms with Gasteiger partial charge in [-0.25, -0.2) is 0 Å². The molecule has 2 nitrogen and oxygen atoms in total. The van der Waals surface area contributed by atoms with E-state index in [1.165, 1.54) is 42.3 Å². The second kappa shape index (κ2) is 4.68. The summed E-state index contributed by atoms with van der Waals surface area (Å²) < 4.78 is 2.49. The molecule has 102 valence electrons. The average Bonchev–Trinajstić information content (AvgIpc) is 2.92. The van der Waals surface area contributed by atoms with Crippen LogP contribution in [-0.4, -0.2) is 15.3 Å². The first kappa shape index (κ1) is 12.7. The maximum atomic E-state index is 10.2. The lowest BCUT2D eigenvalue weighted by molar-refractivity contribution is 0.0787. The van der Waals surface area contributed by atoms with Gasteiger partial charge in [0.2, 0.25) is 0 Å². The first-order valence-corrected chi connectivity index (χ1v) is 7.36. The van der Waals surface area contributed by atoms with Gasteiger partial charge in [0.15, 0.2) is 0 Å². The van der Waals surface area contributed by atoms with Crippen molar-refractivity contribution in [2.75, 3.05) is 0 Å². The third-order valence-corrected chi connectivity index (χ3v) is 4.13. The molecule has 1 aromatic carbocycles. The lowest BCUT2D eigenvalue weighted by Crippen LogP contribution is -2.24. The van der Waals surface area contributed by atoms with E-state index in [0.29, 0.717) is 6.04 Å². The third kappa shape index (κ3) is 2.55. The van der Waals surface area contributed by atoms with Gasteiger partial charge < -0.3 is 9.67 Å². The Balaban J connectivity index is 2.11. The molecule has 1 N–H and O–H groups in total. The highest BCUT2D eigenvalue weighted by molar-refractivity contribution is 5.81. The molecule has 1 fully saturated rings. The quantitative estimate of drug-likeness (QED) is 0.881. The number of aliphatic hydroxyl groups is 1. The van der Waals surface area contributed by atoms with Crippen LogP contribution in [0.3, 0.4) is 0 Å². The molecule has 0 bridgehead atoms. The minimum atomic E-state index is -0.648. The van der Waals surface area contributed by atoms with E-state index in [0.717, 1.165) is 6.42 Å². The Labute approximate surface area is 115 Å². The Hall–Kier alpha value is -1.28. The summed E-state index contributed by atoms with van der Waals surface area (Å²) in [6.45, 7) is 3.79. The zero-order chi connectivity index (χ0) is 13.5. The molecule has 1 aromatic heterocycles. The van der Waals surface area contributed by atoms with E-state index in [1.807, 2.05) is 13.8 Å². The van der Waals surface area contributed by atoms with Crippen molar-refractivity contribution < 1.29 is 5.11 Å². The summed E-state index contributed by atoms with van der Waals surface area (Å²) in [5.41, 5.74) is 1.96. The number of benzene rings is 1. The largest absolute Gasteiger partial charge is 0.390 e. The monoisotopic (exact) mass is 257 g/mol. The van der Waals surface area contributed by atoms with E-state index >= 15 is 0 Å². The maximum absolute atomic E-state index is 10.2. The molecule has 1 aliphatic rings. The summed E-state index contributed by atoms with van der Waals surface area (Å²) in [5, 5.41) is 11.4. The van der Waals surface area contributed by atoms with Gasteiger partial charge in [0, 0.05) is 23.7 Å². The Kier molecular flexibility index (Phi) is 3.14. The molecule has 1 saturated carbocycles. The van der Waals surface area contributed by atoms with Crippen LogP contribution in [0.4, 0.5) is 0 Å². The van der Waals surface area contributed by atoms with Crippen molar-refractivity contribution in [2.45, 2.75) is 57.6 Å². The van der Waals surface area contributed by atoms with E-state index in [-0.39, 0.29) is 0 Å².